The Hall–Kier alpha value is -3.72. The second-order valence-corrected chi connectivity index (χ2v) is 10.9. The summed E-state index contributed by atoms with van der Waals surface area (Å²) < 4.78 is 42.0. The number of carbonyl (C=O) groups excluding carboxylic acids is 2. The largest absolute Gasteiger partial charge is 0.354 e. The Morgan fingerprint density at radius 1 is 0.947 bits per heavy atom. The van der Waals surface area contributed by atoms with Gasteiger partial charge in [0, 0.05) is 13.1 Å². The lowest BCUT2D eigenvalue weighted by Crippen LogP contribution is -2.52. The van der Waals surface area contributed by atoms with E-state index >= 15 is 0 Å². The second-order valence-electron chi connectivity index (χ2n) is 9.03. The van der Waals surface area contributed by atoms with Crippen LogP contribution in [0.5, 0.6) is 0 Å². The third-order valence-corrected chi connectivity index (χ3v) is 7.88. The van der Waals surface area contributed by atoms with Crippen LogP contribution < -0.4 is 9.62 Å². The molecule has 9 heteroatoms. The van der Waals surface area contributed by atoms with E-state index < -0.39 is 34.3 Å². The van der Waals surface area contributed by atoms with Crippen molar-refractivity contribution in [2.45, 2.75) is 51.1 Å². The number of carbonyl (C=O) groups is 2. The first-order valence-corrected chi connectivity index (χ1v) is 14.1. The van der Waals surface area contributed by atoms with E-state index in [9.17, 15) is 22.4 Å². The van der Waals surface area contributed by atoms with Gasteiger partial charge in [-0.25, -0.2) is 12.8 Å². The molecule has 0 heterocycles. The molecule has 3 rings (SSSR count). The second kappa shape index (κ2) is 13.2. The zero-order valence-electron chi connectivity index (χ0n) is 21.9. The van der Waals surface area contributed by atoms with Crippen LogP contribution in [-0.4, -0.2) is 44.3 Å². The molecule has 0 aromatic heterocycles. The monoisotopic (exact) mass is 539 g/mol. The van der Waals surface area contributed by atoms with E-state index in [-0.39, 0.29) is 23.0 Å². The maximum atomic E-state index is 13.9. The normalized spacial score (nSPS) is 12.0. The lowest BCUT2D eigenvalue weighted by atomic mass is 10.1. The molecule has 0 aliphatic heterocycles. The molecular weight excluding hydrogens is 505 g/mol. The molecule has 1 N–H and O–H groups in total. The molecule has 0 spiro atoms. The lowest BCUT2D eigenvalue weighted by Gasteiger charge is -2.33. The SMILES string of the molecule is CCCNC(=O)C(CC)N(Cc1cccc(C)c1)C(=O)CN(c1ccc(F)cc1)S(=O)(=O)c1ccccc1. The first-order chi connectivity index (χ1) is 18.2. The highest BCUT2D eigenvalue weighted by Gasteiger charge is 2.33. The number of rotatable bonds is 12. The van der Waals surface area contributed by atoms with Crippen molar-refractivity contribution in [3.63, 3.8) is 0 Å². The van der Waals surface area contributed by atoms with Crippen molar-refractivity contribution in [3.8, 4) is 0 Å². The van der Waals surface area contributed by atoms with Crippen molar-refractivity contribution >= 4 is 27.5 Å². The fraction of sp³-hybridized carbons (Fsp3) is 0.310. The number of amides is 2. The molecule has 0 fully saturated rings. The van der Waals surface area contributed by atoms with Crippen molar-refractivity contribution in [2.24, 2.45) is 0 Å². The molecule has 7 nitrogen and oxygen atoms in total. The molecule has 0 bridgehead atoms. The zero-order valence-corrected chi connectivity index (χ0v) is 22.7. The van der Waals surface area contributed by atoms with Crippen LogP contribution in [0.25, 0.3) is 0 Å². The summed E-state index contributed by atoms with van der Waals surface area (Å²) in [7, 11) is -4.18. The van der Waals surface area contributed by atoms with Gasteiger partial charge in [-0.2, -0.15) is 0 Å². The van der Waals surface area contributed by atoms with Gasteiger partial charge in [-0.05, 0) is 61.7 Å². The van der Waals surface area contributed by atoms with Gasteiger partial charge in [0.25, 0.3) is 10.0 Å². The van der Waals surface area contributed by atoms with Gasteiger partial charge in [0.05, 0.1) is 10.6 Å². The summed E-state index contributed by atoms with van der Waals surface area (Å²) in [6.07, 6.45) is 1.08. The van der Waals surface area contributed by atoms with Gasteiger partial charge in [-0.1, -0.05) is 61.9 Å². The van der Waals surface area contributed by atoms with Crippen LogP contribution in [0.15, 0.2) is 83.8 Å². The average molecular weight is 540 g/mol. The van der Waals surface area contributed by atoms with Crippen molar-refractivity contribution in [1.82, 2.24) is 10.2 Å². The van der Waals surface area contributed by atoms with Gasteiger partial charge >= 0.3 is 0 Å². The summed E-state index contributed by atoms with van der Waals surface area (Å²) in [6.45, 7) is 5.71. The fourth-order valence-corrected chi connectivity index (χ4v) is 5.58. The molecular formula is C29H34FN3O4S. The van der Waals surface area contributed by atoms with Gasteiger partial charge in [0.1, 0.15) is 18.4 Å². The summed E-state index contributed by atoms with van der Waals surface area (Å²) >= 11 is 0. The van der Waals surface area contributed by atoms with Crippen LogP contribution in [0.3, 0.4) is 0 Å². The molecule has 0 radical (unpaired) electrons. The number of halogens is 1. The van der Waals surface area contributed by atoms with Crippen molar-refractivity contribution in [3.05, 3.63) is 95.8 Å². The van der Waals surface area contributed by atoms with E-state index in [0.29, 0.717) is 13.0 Å². The van der Waals surface area contributed by atoms with Crippen LogP contribution in [0.1, 0.15) is 37.8 Å². The Morgan fingerprint density at radius 2 is 1.63 bits per heavy atom. The minimum absolute atomic E-state index is 0.00455. The van der Waals surface area contributed by atoms with E-state index in [1.54, 1.807) is 18.2 Å². The molecule has 0 saturated heterocycles. The van der Waals surface area contributed by atoms with Crippen molar-refractivity contribution < 1.29 is 22.4 Å². The van der Waals surface area contributed by atoms with Gasteiger partial charge in [-0.3, -0.25) is 13.9 Å². The van der Waals surface area contributed by atoms with E-state index in [2.05, 4.69) is 5.32 Å². The molecule has 3 aromatic rings. The molecule has 1 atom stereocenters. The molecule has 38 heavy (non-hydrogen) atoms. The number of nitrogens with one attached hydrogen (secondary N) is 1. The summed E-state index contributed by atoms with van der Waals surface area (Å²) in [5.74, 6) is -1.37. The Balaban J connectivity index is 2.03. The van der Waals surface area contributed by atoms with Gasteiger partial charge in [0.15, 0.2) is 0 Å². The zero-order chi connectivity index (χ0) is 27.7. The van der Waals surface area contributed by atoms with E-state index in [0.717, 1.165) is 34.0 Å². The van der Waals surface area contributed by atoms with Crippen molar-refractivity contribution in [1.29, 1.82) is 0 Å². The maximum absolute atomic E-state index is 13.9. The average Bonchev–Trinajstić information content (AvgIpc) is 2.91. The number of benzene rings is 3. The Bertz CT molecular complexity index is 1330. The fourth-order valence-electron chi connectivity index (χ4n) is 4.15. The molecule has 2 amide bonds. The highest BCUT2D eigenvalue weighted by atomic mass is 32.2. The van der Waals surface area contributed by atoms with Crippen LogP contribution in [0.4, 0.5) is 10.1 Å². The predicted octanol–water partition coefficient (Wildman–Crippen LogP) is 4.66. The smallest absolute Gasteiger partial charge is 0.264 e. The topological polar surface area (TPSA) is 86.8 Å². The van der Waals surface area contributed by atoms with Gasteiger partial charge in [-0.15, -0.1) is 0 Å². The number of sulfonamides is 1. The third-order valence-electron chi connectivity index (χ3n) is 6.10. The predicted molar refractivity (Wildman–Crippen MR) is 146 cm³/mol. The highest BCUT2D eigenvalue weighted by molar-refractivity contribution is 7.92. The van der Waals surface area contributed by atoms with Gasteiger partial charge < -0.3 is 10.2 Å². The van der Waals surface area contributed by atoms with E-state index in [1.165, 1.54) is 29.2 Å². The third kappa shape index (κ3) is 7.19. The highest BCUT2D eigenvalue weighted by Crippen LogP contribution is 2.25. The molecule has 202 valence electrons. The number of anilines is 1. The summed E-state index contributed by atoms with van der Waals surface area (Å²) in [5, 5.41) is 2.86. The standard InChI is InChI=1S/C29H34FN3O4S/c1-4-18-31-29(35)27(5-2)32(20-23-11-9-10-22(3)19-23)28(34)21-33(25-16-14-24(30)15-17-25)38(36,37)26-12-7-6-8-13-26/h6-17,19,27H,4-5,18,20-21H2,1-3H3,(H,31,35). The maximum Gasteiger partial charge on any atom is 0.264 e. The molecule has 1 unspecified atom stereocenters. The van der Waals surface area contributed by atoms with Crippen LogP contribution in [-0.2, 0) is 26.2 Å². The van der Waals surface area contributed by atoms with Crippen LogP contribution in [0, 0.1) is 12.7 Å². The Morgan fingerprint density at radius 3 is 2.24 bits per heavy atom. The number of aryl methyl sites for hydroxylation is 1. The quantitative estimate of drug-likeness (QED) is 0.363. The van der Waals surface area contributed by atoms with Crippen LogP contribution in [0.2, 0.25) is 0 Å². The molecule has 0 aliphatic carbocycles. The molecule has 3 aromatic carbocycles. The van der Waals surface area contributed by atoms with E-state index in [1.807, 2.05) is 45.0 Å². The van der Waals surface area contributed by atoms with Crippen molar-refractivity contribution in [2.75, 3.05) is 17.4 Å². The summed E-state index contributed by atoms with van der Waals surface area (Å²) in [4.78, 5) is 28.4. The minimum Gasteiger partial charge on any atom is -0.354 e. The number of nitrogens with zero attached hydrogens (tertiary/aromatic N) is 2. The number of hydrogen-bond donors (Lipinski definition) is 1. The first-order valence-electron chi connectivity index (χ1n) is 12.6. The molecule has 0 saturated carbocycles. The van der Waals surface area contributed by atoms with Gasteiger partial charge in [0.2, 0.25) is 11.8 Å². The lowest BCUT2D eigenvalue weighted by molar-refractivity contribution is -0.140. The number of hydrogen-bond acceptors (Lipinski definition) is 4. The van der Waals surface area contributed by atoms with Crippen LogP contribution >= 0.6 is 0 Å². The van der Waals surface area contributed by atoms with E-state index in [4.69, 9.17) is 0 Å². The summed E-state index contributed by atoms with van der Waals surface area (Å²) in [5.41, 5.74) is 1.96. The molecule has 0 aliphatic rings. The Kier molecular flexibility index (Phi) is 10.0. The summed E-state index contributed by atoms with van der Waals surface area (Å²) in [6, 6.07) is 19.5. The Labute approximate surface area is 224 Å². The first kappa shape index (κ1) is 28.8. The minimum atomic E-state index is -4.18.